The third-order valence-electron chi connectivity index (χ3n) is 5.07. The van der Waals surface area contributed by atoms with Gasteiger partial charge in [0.15, 0.2) is 6.10 Å². The Hall–Kier alpha value is -2.71. The molecule has 0 spiro atoms. The summed E-state index contributed by atoms with van der Waals surface area (Å²) < 4.78 is 37.8. The van der Waals surface area contributed by atoms with Gasteiger partial charge >= 0.3 is 5.97 Å². The van der Waals surface area contributed by atoms with Crippen molar-refractivity contribution in [3.8, 4) is 5.75 Å². The number of aryl methyl sites for hydroxylation is 1. The maximum Gasteiger partial charge on any atom is 0.338 e. The van der Waals surface area contributed by atoms with Gasteiger partial charge in [0.05, 0.1) is 12.7 Å². The molecule has 0 bridgehead atoms. The molecule has 0 N–H and O–H groups in total. The van der Waals surface area contributed by atoms with E-state index in [9.17, 15) is 18.0 Å². The lowest BCUT2D eigenvalue weighted by Gasteiger charge is -2.18. The Balaban J connectivity index is 1.82. The fourth-order valence-corrected chi connectivity index (χ4v) is 5.01. The van der Waals surface area contributed by atoms with Crippen LogP contribution in [-0.4, -0.2) is 50.8 Å². The Morgan fingerprint density at radius 3 is 2.20 bits per heavy atom. The Morgan fingerprint density at radius 1 is 1.00 bits per heavy atom. The second-order valence-electron chi connectivity index (χ2n) is 7.25. The van der Waals surface area contributed by atoms with Crippen molar-refractivity contribution in [3.05, 3.63) is 59.2 Å². The fraction of sp³-hybridized carbons (Fsp3) is 0.364. The second-order valence-corrected chi connectivity index (χ2v) is 9.16. The number of nitrogens with zero attached hydrogens (tertiary/aromatic N) is 1. The first-order chi connectivity index (χ1) is 14.2. The van der Waals surface area contributed by atoms with E-state index in [1.165, 1.54) is 36.5 Å². The van der Waals surface area contributed by atoms with E-state index in [0.717, 1.165) is 18.4 Å². The van der Waals surface area contributed by atoms with Crippen LogP contribution in [0.15, 0.2) is 47.4 Å². The summed E-state index contributed by atoms with van der Waals surface area (Å²) in [5.41, 5.74) is 1.49. The SMILES string of the molecule is COc1ccc(C(=O)O[C@@H](C)C(=O)c2ccc(C)cc2)cc1S(=O)(=O)N1CCCC1. The minimum atomic E-state index is -3.80. The topological polar surface area (TPSA) is 90.0 Å². The van der Waals surface area contributed by atoms with Crippen LogP contribution in [0.2, 0.25) is 0 Å². The van der Waals surface area contributed by atoms with Crippen molar-refractivity contribution in [2.45, 2.75) is 37.7 Å². The Bertz CT molecular complexity index is 1040. The summed E-state index contributed by atoms with van der Waals surface area (Å²) in [6.07, 6.45) is 0.574. The zero-order valence-electron chi connectivity index (χ0n) is 17.3. The van der Waals surface area contributed by atoms with E-state index in [4.69, 9.17) is 9.47 Å². The smallest absolute Gasteiger partial charge is 0.338 e. The molecule has 1 fully saturated rings. The zero-order valence-corrected chi connectivity index (χ0v) is 18.1. The van der Waals surface area contributed by atoms with Crippen LogP contribution >= 0.6 is 0 Å². The van der Waals surface area contributed by atoms with Gasteiger partial charge in [-0.1, -0.05) is 29.8 Å². The lowest BCUT2D eigenvalue weighted by atomic mass is 10.1. The largest absolute Gasteiger partial charge is 0.495 e. The zero-order chi connectivity index (χ0) is 21.9. The fourth-order valence-electron chi connectivity index (χ4n) is 3.31. The number of ketones is 1. The van der Waals surface area contributed by atoms with Crippen LogP contribution in [0.3, 0.4) is 0 Å². The molecule has 0 aliphatic carbocycles. The molecule has 0 radical (unpaired) electrons. The van der Waals surface area contributed by atoms with E-state index >= 15 is 0 Å². The number of sulfonamides is 1. The van der Waals surface area contributed by atoms with Gasteiger partial charge in [0, 0.05) is 18.7 Å². The van der Waals surface area contributed by atoms with Crippen molar-refractivity contribution in [2.24, 2.45) is 0 Å². The van der Waals surface area contributed by atoms with Gasteiger partial charge in [-0.05, 0) is 44.9 Å². The Labute approximate surface area is 176 Å². The molecule has 160 valence electrons. The molecule has 2 aromatic carbocycles. The van der Waals surface area contributed by atoms with E-state index in [-0.39, 0.29) is 22.0 Å². The molecule has 0 amide bonds. The van der Waals surface area contributed by atoms with E-state index in [1.54, 1.807) is 24.3 Å². The molecule has 1 atom stereocenters. The Morgan fingerprint density at radius 2 is 1.60 bits per heavy atom. The first-order valence-corrected chi connectivity index (χ1v) is 11.2. The van der Waals surface area contributed by atoms with Crippen molar-refractivity contribution in [1.82, 2.24) is 4.31 Å². The van der Waals surface area contributed by atoms with E-state index in [0.29, 0.717) is 18.7 Å². The number of Topliss-reactive ketones (excluding diaryl/α,β-unsaturated/α-hetero) is 1. The highest BCUT2D eigenvalue weighted by atomic mass is 32.2. The molecule has 0 unspecified atom stereocenters. The predicted molar refractivity (Wildman–Crippen MR) is 111 cm³/mol. The molecule has 1 aliphatic heterocycles. The number of rotatable bonds is 7. The van der Waals surface area contributed by atoms with E-state index < -0.39 is 22.1 Å². The Kier molecular flexibility index (Phi) is 6.58. The van der Waals surface area contributed by atoms with Gasteiger partial charge in [-0.3, -0.25) is 4.79 Å². The highest BCUT2D eigenvalue weighted by Gasteiger charge is 2.31. The summed E-state index contributed by atoms with van der Waals surface area (Å²) in [5.74, 6) is -0.951. The normalized spacial score (nSPS) is 15.6. The van der Waals surface area contributed by atoms with Crippen LogP contribution in [0.25, 0.3) is 0 Å². The van der Waals surface area contributed by atoms with Gasteiger partial charge in [-0.15, -0.1) is 0 Å². The average Bonchev–Trinajstić information content (AvgIpc) is 3.29. The van der Waals surface area contributed by atoms with Crippen LogP contribution in [0.4, 0.5) is 0 Å². The number of methoxy groups -OCH3 is 1. The molecule has 7 nitrogen and oxygen atoms in total. The van der Waals surface area contributed by atoms with Crippen molar-refractivity contribution < 1.29 is 27.5 Å². The lowest BCUT2D eigenvalue weighted by Crippen LogP contribution is -2.28. The van der Waals surface area contributed by atoms with Crippen molar-refractivity contribution in [1.29, 1.82) is 0 Å². The van der Waals surface area contributed by atoms with Gasteiger partial charge < -0.3 is 9.47 Å². The summed E-state index contributed by atoms with van der Waals surface area (Å²) in [6, 6.07) is 11.1. The molecule has 0 aromatic heterocycles. The molecule has 1 aliphatic rings. The number of ether oxygens (including phenoxy) is 2. The van der Waals surface area contributed by atoms with Crippen LogP contribution in [0, 0.1) is 6.92 Å². The molecule has 2 aromatic rings. The number of carbonyl (C=O) groups excluding carboxylic acids is 2. The van der Waals surface area contributed by atoms with Gasteiger partial charge in [0.1, 0.15) is 10.6 Å². The van der Waals surface area contributed by atoms with E-state index in [2.05, 4.69) is 0 Å². The third-order valence-corrected chi connectivity index (χ3v) is 6.99. The monoisotopic (exact) mass is 431 g/mol. The highest BCUT2D eigenvalue weighted by molar-refractivity contribution is 7.89. The van der Waals surface area contributed by atoms with E-state index in [1.807, 2.05) is 6.92 Å². The molecule has 1 heterocycles. The van der Waals surface area contributed by atoms with Crippen LogP contribution in [0.5, 0.6) is 5.75 Å². The van der Waals surface area contributed by atoms with Crippen LogP contribution in [0.1, 0.15) is 46.0 Å². The predicted octanol–water partition coefficient (Wildman–Crippen LogP) is 3.22. The molecular formula is C22H25NO6S. The second kappa shape index (κ2) is 8.97. The van der Waals surface area contributed by atoms with Crippen LogP contribution < -0.4 is 4.74 Å². The van der Waals surface area contributed by atoms with Crippen molar-refractivity contribution in [3.63, 3.8) is 0 Å². The maximum absolute atomic E-state index is 13.0. The molecular weight excluding hydrogens is 406 g/mol. The van der Waals surface area contributed by atoms with Crippen molar-refractivity contribution in [2.75, 3.05) is 20.2 Å². The first kappa shape index (κ1) is 22.0. The van der Waals surface area contributed by atoms with Crippen molar-refractivity contribution >= 4 is 21.8 Å². The summed E-state index contributed by atoms with van der Waals surface area (Å²) in [5, 5.41) is 0. The minimum absolute atomic E-state index is 0.0390. The van der Waals surface area contributed by atoms with Gasteiger partial charge in [-0.2, -0.15) is 4.31 Å². The highest BCUT2D eigenvalue weighted by Crippen LogP contribution is 2.30. The third kappa shape index (κ3) is 4.55. The molecule has 0 saturated carbocycles. The summed E-state index contributed by atoms with van der Waals surface area (Å²) in [6.45, 7) is 4.27. The quantitative estimate of drug-likeness (QED) is 0.494. The summed E-state index contributed by atoms with van der Waals surface area (Å²) >= 11 is 0. The van der Waals surface area contributed by atoms with Crippen LogP contribution in [-0.2, 0) is 14.8 Å². The molecule has 1 saturated heterocycles. The standard InChI is InChI=1S/C22H25NO6S/c1-15-6-8-17(9-7-15)21(24)16(2)29-22(25)18-10-11-19(28-3)20(14-18)30(26,27)23-12-4-5-13-23/h6-11,14,16H,4-5,12-13H2,1-3H3/t16-/m0/s1. The number of benzene rings is 2. The van der Waals surface area contributed by atoms with Gasteiger partial charge in [0.2, 0.25) is 15.8 Å². The summed E-state index contributed by atoms with van der Waals surface area (Å²) in [4.78, 5) is 25.1. The summed E-state index contributed by atoms with van der Waals surface area (Å²) in [7, 11) is -2.42. The minimum Gasteiger partial charge on any atom is -0.495 e. The number of carbonyl (C=O) groups is 2. The average molecular weight is 432 g/mol. The van der Waals surface area contributed by atoms with Gasteiger partial charge in [0.25, 0.3) is 0 Å². The number of esters is 1. The van der Waals surface area contributed by atoms with Gasteiger partial charge in [-0.25, -0.2) is 13.2 Å². The molecule has 30 heavy (non-hydrogen) atoms. The number of hydrogen-bond donors (Lipinski definition) is 0. The lowest BCUT2D eigenvalue weighted by molar-refractivity contribution is 0.0318. The maximum atomic E-state index is 13.0. The first-order valence-electron chi connectivity index (χ1n) is 9.74. The molecule has 8 heteroatoms. The number of hydrogen-bond acceptors (Lipinski definition) is 6. The molecule has 3 rings (SSSR count).